The summed E-state index contributed by atoms with van der Waals surface area (Å²) in [6, 6.07) is 4.35. The number of carbonyl (C=O) groups is 2. The van der Waals surface area contributed by atoms with Crippen molar-refractivity contribution in [2.75, 3.05) is 6.54 Å². The van der Waals surface area contributed by atoms with Gasteiger partial charge in [-0.3, -0.25) is 10.1 Å². The minimum absolute atomic E-state index is 0.0828. The zero-order valence-corrected chi connectivity index (χ0v) is 10.00. The predicted molar refractivity (Wildman–Crippen MR) is 64.3 cm³/mol. The summed E-state index contributed by atoms with van der Waals surface area (Å²) in [5.41, 5.74) is 0.614. The number of rotatable bonds is 2. The van der Waals surface area contributed by atoms with Crippen molar-refractivity contribution >= 4 is 41.4 Å². The first-order valence-corrected chi connectivity index (χ1v) is 5.42. The second kappa shape index (κ2) is 4.73. The molecule has 88 valence electrons. The molecule has 1 aliphatic rings. The number of urea groups is 1. The predicted octanol–water partition coefficient (Wildman–Crippen LogP) is 1.88. The maximum atomic E-state index is 11.2. The Bertz CT molecular complexity index is 516. The highest BCUT2D eigenvalue weighted by Crippen LogP contribution is 2.19. The van der Waals surface area contributed by atoms with E-state index in [1.165, 1.54) is 6.21 Å². The van der Waals surface area contributed by atoms with Crippen LogP contribution in [0.25, 0.3) is 0 Å². The zero-order valence-electron chi connectivity index (χ0n) is 8.48. The van der Waals surface area contributed by atoms with Gasteiger partial charge in [-0.25, -0.2) is 9.80 Å². The Kier molecular flexibility index (Phi) is 3.31. The third-order valence-corrected chi connectivity index (χ3v) is 2.64. The molecule has 7 heteroatoms. The minimum atomic E-state index is -0.545. The molecule has 1 aliphatic heterocycles. The molecular formula is C10H7Cl2N3O2. The summed E-state index contributed by atoms with van der Waals surface area (Å²) in [5.74, 6) is -0.380. The van der Waals surface area contributed by atoms with Crippen LogP contribution in [0.5, 0.6) is 0 Å². The van der Waals surface area contributed by atoms with Crippen molar-refractivity contribution in [2.45, 2.75) is 0 Å². The summed E-state index contributed by atoms with van der Waals surface area (Å²) in [7, 11) is 0. The minimum Gasteiger partial charge on any atom is -0.275 e. The number of imide groups is 1. The third kappa shape index (κ3) is 2.75. The number of hydrazone groups is 1. The van der Waals surface area contributed by atoms with E-state index in [-0.39, 0.29) is 12.5 Å². The van der Waals surface area contributed by atoms with Crippen molar-refractivity contribution in [3.8, 4) is 0 Å². The van der Waals surface area contributed by atoms with Gasteiger partial charge < -0.3 is 0 Å². The first kappa shape index (κ1) is 11.9. The number of nitrogens with zero attached hydrogens (tertiary/aromatic N) is 2. The van der Waals surface area contributed by atoms with Gasteiger partial charge in [-0.15, -0.1) is 0 Å². The Morgan fingerprint density at radius 1 is 1.35 bits per heavy atom. The molecule has 1 heterocycles. The first-order chi connectivity index (χ1) is 8.06. The molecule has 3 amide bonds. The SMILES string of the molecule is O=C1CN(/N=C\c2ccc(Cl)cc2Cl)C(=O)N1. The van der Waals surface area contributed by atoms with Crippen LogP contribution in [-0.2, 0) is 4.79 Å². The van der Waals surface area contributed by atoms with E-state index in [4.69, 9.17) is 23.2 Å². The van der Waals surface area contributed by atoms with E-state index >= 15 is 0 Å². The zero-order chi connectivity index (χ0) is 12.4. The van der Waals surface area contributed by atoms with Crippen LogP contribution in [-0.4, -0.2) is 29.7 Å². The van der Waals surface area contributed by atoms with Crippen LogP contribution in [0.3, 0.4) is 0 Å². The van der Waals surface area contributed by atoms with Crippen LogP contribution in [0.4, 0.5) is 4.79 Å². The third-order valence-electron chi connectivity index (χ3n) is 2.07. The molecule has 0 aromatic heterocycles. The molecule has 1 aromatic carbocycles. The molecule has 17 heavy (non-hydrogen) atoms. The van der Waals surface area contributed by atoms with Crippen LogP contribution in [0.1, 0.15) is 5.56 Å². The summed E-state index contributed by atoms with van der Waals surface area (Å²) >= 11 is 11.7. The van der Waals surface area contributed by atoms with Crippen LogP contribution >= 0.6 is 23.2 Å². The average Bonchev–Trinajstić information content (AvgIpc) is 2.56. The summed E-state index contributed by atoms with van der Waals surface area (Å²) in [5, 5.41) is 7.93. The molecule has 0 bridgehead atoms. The summed E-state index contributed by atoms with van der Waals surface area (Å²) in [6.07, 6.45) is 1.40. The summed E-state index contributed by atoms with van der Waals surface area (Å²) < 4.78 is 0. The Labute approximate surface area is 107 Å². The highest BCUT2D eigenvalue weighted by molar-refractivity contribution is 6.36. The number of halogens is 2. The quantitative estimate of drug-likeness (QED) is 0.660. The second-order valence-electron chi connectivity index (χ2n) is 3.32. The van der Waals surface area contributed by atoms with Gasteiger partial charge in [0.2, 0.25) is 5.91 Å². The molecule has 0 atom stereocenters. The number of carbonyl (C=O) groups excluding carboxylic acids is 2. The lowest BCUT2D eigenvalue weighted by atomic mass is 10.2. The topological polar surface area (TPSA) is 61.8 Å². The molecule has 0 unspecified atom stereocenters. The lowest BCUT2D eigenvalue weighted by molar-refractivity contribution is -0.118. The van der Waals surface area contributed by atoms with Crippen molar-refractivity contribution < 1.29 is 9.59 Å². The Morgan fingerprint density at radius 2 is 2.12 bits per heavy atom. The van der Waals surface area contributed by atoms with E-state index in [1.807, 2.05) is 0 Å². The molecule has 0 spiro atoms. The largest absolute Gasteiger partial charge is 0.344 e. The van der Waals surface area contributed by atoms with Gasteiger partial charge in [0.25, 0.3) is 0 Å². The van der Waals surface area contributed by atoms with Crippen LogP contribution < -0.4 is 5.32 Å². The van der Waals surface area contributed by atoms with E-state index in [0.29, 0.717) is 15.6 Å². The number of nitrogens with one attached hydrogen (secondary N) is 1. The van der Waals surface area contributed by atoms with Crippen molar-refractivity contribution in [3.63, 3.8) is 0 Å². The fourth-order valence-electron chi connectivity index (χ4n) is 1.26. The molecule has 2 rings (SSSR count). The Morgan fingerprint density at radius 3 is 2.71 bits per heavy atom. The van der Waals surface area contributed by atoms with Crippen LogP contribution in [0.2, 0.25) is 10.0 Å². The van der Waals surface area contributed by atoms with Crippen molar-refractivity contribution in [2.24, 2.45) is 5.10 Å². The highest BCUT2D eigenvalue weighted by atomic mass is 35.5. The molecule has 1 N–H and O–H groups in total. The molecule has 1 aromatic rings. The average molecular weight is 272 g/mol. The lowest BCUT2D eigenvalue weighted by Crippen LogP contribution is -2.24. The molecule has 0 saturated carbocycles. The Hall–Kier alpha value is -1.59. The smallest absolute Gasteiger partial charge is 0.275 e. The number of hydrogen-bond donors (Lipinski definition) is 1. The van der Waals surface area contributed by atoms with Gasteiger partial charge in [-0.2, -0.15) is 5.10 Å². The highest BCUT2D eigenvalue weighted by Gasteiger charge is 2.25. The lowest BCUT2D eigenvalue weighted by Gasteiger charge is -2.04. The summed E-state index contributed by atoms with van der Waals surface area (Å²) in [4.78, 5) is 22.1. The molecular weight excluding hydrogens is 265 g/mol. The molecule has 0 radical (unpaired) electrons. The maximum Gasteiger partial charge on any atom is 0.344 e. The van der Waals surface area contributed by atoms with Gasteiger partial charge in [0.15, 0.2) is 0 Å². The maximum absolute atomic E-state index is 11.2. The van der Waals surface area contributed by atoms with Crippen molar-refractivity contribution in [1.82, 2.24) is 10.3 Å². The van der Waals surface area contributed by atoms with Gasteiger partial charge in [0.1, 0.15) is 6.54 Å². The second-order valence-corrected chi connectivity index (χ2v) is 4.17. The Balaban J connectivity index is 2.15. The van der Waals surface area contributed by atoms with E-state index < -0.39 is 6.03 Å². The number of hydrogen-bond acceptors (Lipinski definition) is 3. The molecule has 1 fully saturated rings. The van der Waals surface area contributed by atoms with Gasteiger partial charge in [0, 0.05) is 10.6 Å². The van der Waals surface area contributed by atoms with E-state index in [1.54, 1.807) is 18.2 Å². The molecule has 5 nitrogen and oxygen atoms in total. The fraction of sp³-hybridized carbons (Fsp3) is 0.100. The van der Waals surface area contributed by atoms with Gasteiger partial charge in [-0.1, -0.05) is 29.3 Å². The number of amides is 3. The fourth-order valence-corrected chi connectivity index (χ4v) is 1.72. The van der Waals surface area contributed by atoms with E-state index in [9.17, 15) is 9.59 Å². The molecule has 0 aliphatic carbocycles. The van der Waals surface area contributed by atoms with Crippen LogP contribution in [0.15, 0.2) is 23.3 Å². The van der Waals surface area contributed by atoms with E-state index in [2.05, 4.69) is 10.4 Å². The van der Waals surface area contributed by atoms with E-state index in [0.717, 1.165) is 5.01 Å². The normalized spacial score (nSPS) is 15.8. The van der Waals surface area contributed by atoms with Crippen molar-refractivity contribution in [1.29, 1.82) is 0 Å². The number of benzene rings is 1. The molecule has 1 saturated heterocycles. The summed E-state index contributed by atoms with van der Waals surface area (Å²) in [6.45, 7) is -0.0828. The van der Waals surface area contributed by atoms with Crippen molar-refractivity contribution in [3.05, 3.63) is 33.8 Å². The van der Waals surface area contributed by atoms with Gasteiger partial charge in [0.05, 0.1) is 11.2 Å². The first-order valence-electron chi connectivity index (χ1n) is 4.66. The monoisotopic (exact) mass is 271 g/mol. The van der Waals surface area contributed by atoms with Crippen LogP contribution in [0, 0.1) is 0 Å². The van der Waals surface area contributed by atoms with Gasteiger partial charge >= 0.3 is 6.03 Å². The van der Waals surface area contributed by atoms with Gasteiger partial charge in [-0.05, 0) is 12.1 Å². The standard InChI is InChI=1S/C10H7Cl2N3O2/c11-7-2-1-6(8(12)3-7)4-13-15-5-9(16)14-10(15)17/h1-4H,5H2,(H,14,16,17)/b13-4-.